The van der Waals surface area contributed by atoms with Gasteiger partial charge in [-0.05, 0) is 18.6 Å². The Balaban J connectivity index is 3.13. The Labute approximate surface area is 136 Å². The van der Waals surface area contributed by atoms with E-state index in [1.165, 1.54) is 0 Å². The summed E-state index contributed by atoms with van der Waals surface area (Å²) in [5.74, 6) is -1.83. The molecule has 1 aromatic rings. The quantitative estimate of drug-likeness (QED) is 0.175. The maximum Gasteiger partial charge on any atom is 0.534 e. The standard InChI is InChI=1S/C14H15F3O6S/c1-3-5-8-21-12-9-10(22-13(18)4-2)6-7-11(12)23-24(19,20)14(15,16)17/h4,6-7,9H,2-3,5,8H2,1H3. The number of esters is 1. The largest absolute Gasteiger partial charge is 0.534 e. The second kappa shape index (κ2) is 8.04. The average Bonchev–Trinajstić information content (AvgIpc) is 2.48. The lowest BCUT2D eigenvalue weighted by molar-refractivity contribution is -0.128. The van der Waals surface area contributed by atoms with Gasteiger partial charge in [0.05, 0.1) is 6.61 Å². The highest BCUT2D eigenvalue weighted by Gasteiger charge is 2.49. The molecule has 1 rings (SSSR count). The topological polar surface area (TPSA) is 78.9 Å². The third-order valence-corrected chi connectivity index (χ3v) is 3.50. The van der Waals surface area contributed by atoms with E-state index < -0.39 is 27.3 Å². The van der Waals surface area contributed by atoms with Gasteiger partial charge in [-0.3, -0.25) is 0 Å². The molecule has 0 fully saturated rings. The first-order chi connectivity index (χ1) is 11.1. The van der Waals surface area contributed by atoms with Crippen LogP contribution in [0.5, 0.6) is 17.2 Å². The van der Waals surface area contributed by atoms with Crippen molar-refractivity contribution in [3.05, 3.63) is 30.9 Å². The molecule has 0 unspecified atom stereocenters. The van der Waals surface area contributed by atoms with Crippen molar-refractivity contribution in [3.63, 3.8) is 0 Å². The van der Waals surface area contributed by atoms with Crippen LogP contribution in [0, 0.1) is 0 Å². The molecule has 0 aliphatic heterocycles. The van der Waals surface area contributed by atoms with E-state index in [-0.39, 0.29) is 18.1 Å². The van der Waals surface area contributed by atoms with Crippen LogP contribution in [0.25, 0.3) is 0 Å². The number of hydrogen-bond acceptors (Lipinski definition) is 6. The average molecular weight is 368 g/mol. The maximum absolute atomic E-state index is 12.4. The number of carbonyl (C=O) groups is 1. The summed E-state index contributed by atoms with van der Waals surface area (Å²) in [6.45, 7) is 5.17. The number of hydrogen-bond donors (Lipinski definition) is 0. The minimum Gasteiger partial charge on any atom is -0.489 e. The fraction of sp³-hybridized carbons (Fsp3) is 0.357. The van der Waals surface area contributed by atoms with Gasteiger partial charge in [0.2, 0.25) is 0 Å². The first-order valence-corrected chi connectivity index (χ1v) is 8.13. The molecule has 0 aliphatic rings. The summed E-state index contributed by atoms with van der Waals surface area (Å²) in [6, 6.07) is 3.02. The van der Waals surface area contributed by atoms with Crippen molar-refractivity contribution in [1.29, 1.82) is 0 Å². The van der Waals surface area contributed by atoms with Gasteiger partial charge in [0.25, 0.3) is 0 Å². The summed E-state index contributed by atoms with van der Waals surface area (Å²) >= 11 is 0. The van der Waals surface area contributed by atoms with Crippen LogP contribution in [0.1, 0.15) is 19.8 Å². The SMILES string of the molecule is C=CC(=O)Oc1ccc(OS(=O)(=O)C(F)(F)F)c(OCCCC)c1. The molecule has 0 aliphatic carbocycles. The Morgan fingerprint density at radius 3 is 2.50 bits per heavy atom. The number of ether oxygens (including phenoxy) is 2. The van der Waals surface area contributed by atoms with Gasteiger partial charge in [-0.2, -0.15) is 21.6 Å². The fourth-order valence-corrected chi connectivity index (χ4v) is 1.85. The van der Waals surface area contributed by atoms with Crippen molar-refractivity contribution in [1.82, 2.24) is 0 Å². The molecule has 1 aromatic carbocycles. The first kappa shape index (κ1) is 19.8. The van der Waals surface area contributed by atoms with Crippen LogP contribution < -0.4 is 13.7 Å². The second-order valence-electron chi connectivity index (χ2n) is 4.42. The number of alkyl halides is 3. The van der Waals surface area contributed by atoms with Gasteiger partial charge in [0, 0.05) is 12.1 Å². The van der Waals surface area contributed by atoms with Crippen LogP contribution in [0.2, 0.25) is 0 Å². The van der Waals surface area contributed by atoms with Crippen LogP contribution in [0.3, 0.4) is 0 Å². The van der Waals surface area contributed by atoms with E-state index in [9.17, 15) is 26.4 Å². The molecule has 0 aromatic heterocycles. The monoisotopic (exact) mass is 368 g/mol. The number of rotatable bonds is 8. The number of carbonyl (C=O) groups excluding carboxylic acids is 1. The molecule has 10 heteroatoms. The van der Waals surface area contributed by atoms with Crippen LogP contribution in [0.15, 0.2) is 30.9 Å². The number of benzene rings is 1. The second-order valence-corrected chi connectivity index (χ2v) is 5.96. The molecule has 0 saturated carbocycles. The zero-order valence-corrected chi connectivity index (χ0v) is 13.4. The van der Waals surface area contributed by atoms with Crippen molar-refractivity contribution in [2.75, 3.05) is 6.61 Å². The van der Waals surface area contributed by atoms with Gasteiger partial charge in [-0.25, -0.2) is 4.79 Å². The van der Waals surface area contributed by atoms with Crippen molar-refractivity contribution < 1.29 is 40.0 Å². The van der Waals surface area contributed by atoms with E-state index in [0.717, 1.165) is 30.7 Å². The maximum atomic E-state index is 12.4. The molecule has 24 heavy (non-hydrogen) atoms. The van der Waals surface area contributed by atoms with Crippen LogP contribution in [0.4, 0.5) is 13.2 Å². The van der Waals surface area contributed by atoms with Gasteiger partial charge in [0.15, 0.2) is 11.5 Å². The van der Waals surface area contributed by atoms with E-state index in [1.807, 2.05) is 6.92 Å². The molecule has 134 valence electrons. The van der Waals surface area contributed by atoms with Crippen molar-refractivity contribution in [2.24, 2.45) is 0 Å². The molecule has 0 radical (unpaired) electrons. The Hall–Kier alpha value is -2.23. The molecule has 0 heterocycles. The van der Waals surface area contributed by atoms with E-state index in [2.05, 4.69) is 10.8 Å². The van der Waals surface area contributed by atoms with E-state index in [1.54, 1.807) is 0 Å². The van der Waals surface area contributed by atoms with Crippen LogP contribution in [-0.2, 0) is 14.9 Å². The Morgan fingerprint density at radius 2 is 1.96 bits per heavy atom. The molecule has 0 spiro atoms. The highest BCUT2D eigenvalue weighted by atomic mass is 32.2. The zero-order chi connectivity index (χ0) is 18.4. The van der Waals surface area contributed by atoms with Gasteiger partial charge >= 0.3 is 21.6 Å². The highest BCUT2D eigenvalue weighted by molar-refractivity contribution is 7.88. The van der Waals surface area contributed by atoms with Gasteiger partial charge in [-0.1, -0.05) is 19.9 Å². The normalized spacial score (nSPS) is 11.7. The molecule has 0 saturated heterocycles. The third kappa shape index (κ3) is 5.44. The van der Waals surface area contributed by atoms with Crippen molar-refractivity contribution in [3.8, 4) is 17.2 Å². The predicted octanol–water partition coefficient (Wildman–Crippen LogP) is 3.19. The fourth-order valence-electron chi connectivity index (χ4n) is 1.38. The lowest BCUT2D eigenvalue weighted by atomic mass is 10.3. The Bertz CT molecular complexity index is 697. The molecular weight excluding hydrogens is 353 g/mol. The summed E-state index contributed by atoms with van der Waals surface area (Å²) in [6.07, 6.45) is 2.19. The molecular formula is C14H15F3O6S. The summed E-state index contributed by atoms with van der Waals surface area (Å²) in [5.41, 5.74) is -5.58. The lowest BCUT2D eigenvalue weighted by Crippen LogP contribution is -2.28. The van der Waals surface area contributed by atoms with Crippen molar-refractivity contribution in [2.45, 2.75) is 25.3 Å². The molecule has 6 nitrogen and oxygen atoms in total. The van der Waals surface area contributed by atoms with Crippen molar-refractivity contribution >= 4 is 16.1 Å². The van der Waals surface area contributed by atoms with E-state index in [0.29, 0.717) is 6.42 Å². The van der Waals surface area contributed by atoms with E-state index >= 15 is 0 Å². The Morgan fingerprint density at radius 1 is 1.29 bits per heavy atom. The molecule has 0 N–H and O–H groups in total. The minimum atomic E-state index is -5.85. The summed E-state index contributed by atoms with van der Waals surface area (Å²) in [7, 11) is -5.85. The first-order valence-electron chi connectivity index (χ1n) is 6.72. The summed E-state index contributed by atoms with van der Waals surface area (Å²) in [5, 5.41) is 0. The Kier molecular flexibility index (Phi) is 6.64. The van der Waals surface area contributed by atoms with E-state index in [4.69, 9.17) is 9.47 Å². The number of unbranched alkanes of at least 4 members (excludes halogenated alkanes) is 1. The van der Waals surface area contributed by atoms with Gasteiger partial charge in [0.1, 0.15) is 5.75 Å². The third-order valence-electron chi connectivity index (χ3n) is 2.54. The molecule has 0 bridgehead atoms. The zero-order valence-electron chi connectivity index (χ0n) is 12.6. The van der Waals surface area contributed by atoms with Crippen LogP contribution in [-0.4, -0.2) is 26.5 Å². The summed E-state index contributed by atoms with van der Waals surface area (Å²) in [4.78, 5) is 11.1. The van der Waals surface area contributed by atoms with Gasteiger partial charge in [-0.15, -0.1) is 0 Å². The predicted molar refractivity (Wildman–Crippen MR) is 78.3 cm³/mol. The number of halogens is 3. The lowest BCUT2D eigenvalue weighted by Gasteiger charge is -2.14. The van der Waals surface area contributed by atoms with Crippen LogP contribution >= 0.6 is 0 Å². The van der Waals surface area contributed by atoms with Gasteiger partial charge < -0.3 is 13.7 Å². The molecule has 0 amide bonds. The minimum absolute atomic E-state index is 0.0665. The highest BCUT2D eigenvalue weighted by Crippen LogP contribution is 2.35. The smallest absolute Gasteiger partial charge is 0.489 e. The molecule has 0 atom stereocenters. The summed E-state index contributed by atoms with van der Waals surface area (Å²) < 4.78 is 73.6.